The predicted molar refractivity (Wildman–Crippen MR) is 74.0 cm³/mol. The SMILES string of the molecule is Cc1ccc(C)n1-c1ncc(-c2ccc(F)cn2)cn1. The van der Waals surface area contributed by atoms with Crippen molar-refractivity contribution >= 4 is 0 Å². The molecule has 0 spiro atoms. The highest BCUT2D eigenvalue weighted by Gasteiger charge is 2.07. The maximum Gasteiger partial charge on any atom is 0.234 e. The van der Waals surface area contributed by atoms with Gasteiger partial charge < -0.3 is 0 Å². The standard InChI is InChI=1S/C15H13FN4/c1-10-3-4-11(2)20(10)15-18-7-12(8-19-15)14-6-5-13(16)9-17-14/h3-9H,1-2H3. The number of aromatic nitrogens is 4. The summed E-state index contributed by atoms with van der Waals surface area (Å²) in [5.74, 6) is 0.265. The van der Waals surface area contributed by atoms with Crippen molar-refractivity contribution in [1.82, 2.24) is 19.5 Å². The number of nitrogens with zero attached hydrogens (tertiary/aromatic N) is 4. The molecule has 5 heteroatoms. The Labute approximate surface area is 116 Å². The lowest BCUT2D eigenvalue weighted by Crippen LogP contribution is -2.04. The van der Waals surface area contributed by atoms with Gasteiger partial charge in [-0.2, -0.15) is 0 Å². The van der Waals surface area contributed by atoms with Gasteiger partial charge in [0, 0.05) is 29.3 Å². The van der Waals surface area contributed by atoms with Gasteiger partial charge in [-0.1, -0.05) is 0 Å². The fraction of sp³-hybridized carbons (Fsp3) is 0.133. The van der Waals surface area contributed by atoms with Crippen LogP contribution >= 0.6 is 0 Å². The van der Waals surface area contributed by atoms with E-state index in [2.05, 4.69) is 15.0 Å². The average molecular weight is 268 g/mol. The predicted octanol–water partition coefficient (Wildman–Crippen LogP) is 3.09. The molecule has 0 aliphatic carbocycles. The van der Waals surface area contributed by atoms with E-state index in [0.29, 0.717) is 11.6 Å². The summed E-state index contributed by atoms with van der Waals surface area (Å²) in [5, 5.41) is 0. The molecule has 0 saturated heterocycles. The van der Waals surface area contributed by atoms with Crippen molar-refractivity contribution in [3.63, 3.8) is 0 Å². The van der Waals surface area contributed by atoms with Gasteiger partial charge in [0.2, 0.25) is 5.95 Å². The molecule has 3 heterocycles. The fourth-order valence-electron chi connectivity index (χ4n) is 2.10. The summed E-state index contributed by atoms with van der Waals surface area (Å²) in [6.45, 7) is 4.01. The van der Waals surface area contributed by atoms with Gasteiger partial charge in [-0.3, -0.25) is 9.55 Å². The lowest BCUT2D eigenvalue weighted by atomic mass is 10.2. The molecule has 3 aromatic rings. The van der Waals surface area contributed by atoms with E-state index in [4.69, 9.17) is 0 Å². The number of hydrogen-bond donors (Lipinski definition) is 0. The molecule has 0 unspecified atom stereocenters. The van der Waals surface area contributed by atoms with Crippen LogP contribution in [-0.4, -0.2) is 19.5 Å². The molecule has 4 nitrogen and oxygen atoms in total. The van der Waals surface area contributed by atoms with Crippen LogP contribution in [0.1, 0.15) is 11.4 Å². The van der Waals surface area contributed by atoms with Crippen molar-refractivity contribution in [2.45, 2.75) is 13.8 Å². The van der Waals surface area contributed by atoms with Crippen molar-refractivity contribution in [1.29, 1.82) is 0 Å². The van der Waals surface area contributed by atoms with E-state index in [-0.39, 0.29) is 5.82 Å². The Morgan fingerprint density at radius 3 is 2.05 bits per heavy atom. The highest BCUT2D eigenvalue weighted by molar-refractivity contribution is 5.56. The maximum absolute atomic E-state index is 12.8. The van der Waals surface area contributed by atoms with Crippen LogP contribution in [0.3, 0.4) is 0 Å². The van der Waals surface area contributed by atoms with Crippen LogP contribution in [0.5, 0.6) is 0 Å². The van der Waals surface area contributed by atoms with Crippen molar-refractivity contribution in [2.24, 2.45) is 0 Å². The van der Waals surface area contributed by atoms with Crippen LogP contribution in [-0.2, 0) is 0 Å². The van der Waals surface area contributed by atoms with Gasteiger partial charge in [0.15, 0.2) is 0 Å². The van der Waals surface area contributed by atoms with Crippen LogP contribution in [0.2, 0.25) is 0 Å². The first-order chi connectivity index (χ1) is 9.65. The molecular weight excluding hydrogens is 255 g/mol. The third-order valence-electron chi connectivity index (χ3n) is 3.13. The van der Waals surface area contributed by atoms with Gasteiger partial charge in [0.05, 0.1) is 11.9 Å². The Hall–Kier alpha value is -2.56. The third-order valence-corrected chi connectivity index (χ3v) is 3.13. The summed E-state index contributed by atoms with van der Waals surface area (Å²) in [5.41, 5.74) is 3.57. The summed E-state index contributed by atoms with van der Waals surface area (Å²) in [6.07, 6.45) is 4.58. The second kappa shape index (κ2) is 4.85. The second-order valence-electron chi connectivity index (χ2n) is 4.58. The molecule has 0 aliphatic rings. The lowest BCUT2D eigenvalue weighted by molar-refractivity contribution is 0.622. The van der Waals surface area contributed by atoms with Gasteiger partial charge in [-0.15, -0.1) is 0 Å². The van der Waals surface area contributed by atoms with E-state index in [1.54, 1.807) is 18.5 Å². The zero-order valence-corrected chi connectivity index (χ0v) is 11.2. The first-order valence-electron chi connectivity index (χ1n) is 6.24. The molecule has 0 atom stereocenters. The molecule has 0 bridgehead atoms. The number of pyridine rings is 1. The zero-order valence-electron chi connectivity index (χ0n) is 11.2. The Balaban J connectivity index is 1.98. The molecule has 3 rings (SSSR count). The molecule has 100 valence electrons. The third kappa shape index (κ3) is 2.18. The largest absolute Gasteiger partial charge is 0.287 e. The number of hydrogen-bond acceptors (Lipinski definition) is 3. The van der Waals surface area contributed by atoms with E-state index in [1.165, 1.54) is 12.3 Å². The van der Waals surface area contributed by atoms with Gasteiger partial charge in [-0.05, 0) is 38.1 Å². The second-order valence-corrected chi connectivity index (χ2v) is 4.58. The van der Waals surface area contributed by atoms with Gasteiger partial charge in [0.1, 0.15) is 5.82 Å². The smallest absolute Gasteiger partial charge is 0.234 e. The maximum atomic E-state index is 12.8. The zero-order chi connectivity index (χ0) is 14.1. The molecule has 20 heavy (non-hydrogen) atoms. The minimum atomic E-state index is -0.357. The van der Waals surface area contributed by atoms with Crippen LogP contribution in [0.4, 0.5) is 4.39 Å². The molecule has 0 N–H and O–H groups in total. The molecule has 0 radical (unpaired) electrons. The van der Waals surface area contributed by atoms with E-state index < -0.39 is 0 Å². The molecule has 0 saturated carbocycles. The van der Waals surface area contributed by atoms with Crippen LogP contribution < -0.4 is 0 Å². The lowest BCUT2D eigenvalue weighted by Gasteiger charge is -2.07. The Kier molecular flexibility index (Phi) is 3.02. The summed E-state index contributed by atoms with van der Waals surface area (Å²) in [7, 11) is 0. The number of rotatable bonds is 2. The van der Waals surface area contributed by atoms with Crippen LogP contribution in [0.15, 0.2) is 42.9 Å². The first-order valence-corrected chi connectivity index (χ1v) is 6.24. The molecule has 0 aromatic carbocycles. The van der Waals surface area contributed by atoms with E-state index in [9.17, 15) is 4.39 Å². The molecule has 0 fully saturated rings. The minimum absolute atomic E-state index is 0.357. The Morgan fingerprint density at radius 1 is 0.850 bits per heavy atom. The Morgan fingerprint density at radius 2 is 1.50 bits per heavy atom. The normalized spacial score (nSPS) is 10.8. The molecule has 0 aliphatic heterocycles. The van der Waals surface area contributed by atoms with Crippen molar-refractivity contribution in [3.05, 3.63) is 60.1 Å². The quantitative estimate of drug-likeness (QED) is 0.717. The molecular formula is C15H13FN4. The average Bonchev–Trinajstić information content (AvgIpc) is 2.79. The molecule has 3 aromatic heterocycles. The van der Waals surface area contributed by atoms with E-state index >= 15 is 0 Å². The van der Waals surface area contributed by atoms with Crippen molar-refractivity contribution in [2.75, 3.05) is 0 Å². The van der Waals surface area contributed by atoms with E-state index in [0.717, 1.165) is 17.0 Å². The van der Waals surface area contributed by atoms with Gasteiger partial charge in [-0.25, -0.2) is 14.4 Å². The highest BCUT2D eigenvalue weighted by Crippen LogP contribution is 2.17. The summed E-state index contributed by atoms with van der Waals surface area (Å²) in [4.78, 5) is 12.7. The van der Waals surface area contributed by atoms with Crippen LogP contribution in [0, 0.1) is 19.7 Å². The summed E-state index contributed by atoms with van der Waals surface area (Å²) >= 11 is 0. The number of aryl methyl sites for hydroxylation is 2. The monoisotopic (exact) mass is 268 g/mol. The van der Waals surface area contributed by atoms with Crippen molar-refractivity contribution in [3.8, 4) is 17.2 Å². The summed E-state index contributed by atoms with van der Waals surface area (Å²) < 4.78 is 14.8. The minimum Gasteiger partial charge on any atom is -0.287 e. The van der Waals surface area contributed by atoms with E-state index in [1.807, 2.05) is 30.5 Å². The van der Waals surface area contributed by atoms with Crippen molar-refractivity contribution < 1.29 is 4.39 Å². The van der Waals surface area contributed by atoms with Gasteiger partial charge >= 0.3 is 0 Å². The Bertz CT molecular complexity index is 710. The van der Waals surface area contributed by atoms with Crippen LogP contribution in [0.25, 0.3) is 17.2 Å². The molecule has 0 amide bonds. The fourth-order valence-corrected chi connectivity index (χ4v) is 2.10. The topological polar surface area (TPSA) is 43.6 Å². The summed E-state index contributed by atoms with van der Waals surface area (Å²) in [6, 6.07) is 7.03. The number of halogens is 1. The van der Waals surface area contributed by atoms with Gasteiger partial charge in [0.25, 0.3) is 0 Å². The highest BCUT2D eigenvalue weighted by atomic mass is 19.1. The first kappa shape index (κ1) is 12.5.